The zero-order chi connectivity index (χ0) is 19.0. The zero-order valence-corrected chi connectivity index (χ0v) is 16.8. The van der Waals surface area contributed by atoms with Crippen LogP contribution in [-0.2, 0) is 18.4 Å². The summed E-state index contributed by atoms with van der Waals surface area (Å²) in [4.78, 5) is 2.70. The third-order valence-corrected chi connectivity index (χ3v) is 7.54. The summed E-state index contributed by atoms with van der Waals surface area (Å²) in [6.07, 6.45) is 10.1. The predicted octanol–water partition coefficient (Wildman–Crippen LogP) is 5.51. The minimum absolute atomic E-state index is 0.375. The molecule has 0 aromatic heterocycles. The van der Waals surface area contributed by atoms with Crippen LogP contribution in [0.1, 0.15) is 48.8 Å². The summed E-state index contributed by atoms with van der Waals surface area (Å²) in [6.45, 7) is 6.89. The molecule has 2 heteroatoms. The maximum absolute atomic E-state index is 6.21. The molecule has 2 aromatic carbocycles. The van der Waals surface area contributed by atoms with Gasteiger partial charge in [0, 0.05) is 18.0 Å². The number of ether oxygens (including phenoxy) is 1. The Labute approximate surface area is 169 Å². The molecule has 28 heavy (non-hydrogen) atoms. The van der Waals surface area contributed by atoms with E-state index in [9.17, 15) is 0 Å². The molecule has 5 rings (SSSR count). The van der Waals surface area contributed by atoms with Gasteiger partial charge in [0.05, 0.1) is 0 Å². The summed E-state index contributed by atoms with van der Waals surface area (Å²) in [5, 5.41) is 0. The molecule has 0 N–H and O–H groups in total. The Morgan fingerprint density at radius 3 is 2.86 bits per heavy atom. The number of benzene rings is 2. The Bertz CT molecular complexity index is 845. The first kappa shape index (κ1) is 18.0. The maximum Gasteiger partial charge on any atom is 0.120 e. The molecule has 2 aromatic rings. The number of hydrogen-bond donors (Lipinski definition) is 0. The van der Waals surface area contributed by atoms with Crippen LogP contribution in [0.25, 0.3) is 0 Å². The van der Waals surface area contributed by atoms with E-state index in [1.54, 1.807) is 11.1 Å². The lowest BCUT2D eigenvalue weighted by atomic mass is 9.52. The molecule has 1 saturated carbocycles. The summed E-state index contributed by atoms with van der Waals surface area (Å²) in [5.74, 6) is 1.83. The predicted molar refractivity (Wildman–Crippen MR) is 115 cm³/mol. The monoisotopic (exact) mass is 373 g/mol. The fraction of sp³-hybridized carbons (Fsp3) is 0.462. The highest BCUT2D eigenvalue weighted by Crippen LogP contribution is 2.56. The zero-order valence-electron chi connectivity index (χ0n) is 16.8. The number of fused-ring (bicyclic) bond motifs is 1. The molecule has 146 valence electrons. The number of rotatable bonds is 5. The summed E-state index contributed by atoms with van der Waals surface area (Å²) >= 11 is 0. The molecule has 1 heterocycles. The van der Waals surface area contributed by atoms with E-state index in [1.807, 2.05) is 0 Å². The van der Waals surface area contributed by atoms with Crippen molar-refractivity contribution in [1.82, 2.24) is 4.90 Å². The van der Waals surface area contributed by atoms with Crippen molar-refractivity contribution in [3.05, 3.63) is 77.9 Å². The van der Waals surface area contributed by atoms with Gasteiger partial charge in [-0.25, -0.2) is 0 Å². The molecule has 0 unspecified atom stereocenters. The van der Waals surface area contributed by atoms with Gasteiger partial charge in [0.25, 0.3) is 0 Å². The molecule has 3 atom stereocenters. The summed E-state index contributed by atoms with van der Waals surface area (Å²) in [6, 6.07) is 18.1. The highest BCUT2D eigenvalue weighted by molar-refractivity contribution is 5.45. The molecular formula is C26H31NO. The Balaban J connectivity index is 1.46. The molecule has 0 spiro atoms. The van der Waals surface area contributed by atoms with Crippen molar-refractivity contribution >= 4 is 0 Å². The van der Waals surface area contributed by atoms with Crippen molar-refractivity contribution in [3.63, 3.8) is 0 Å². The molecule has 1 aliphatic heterocycles. The minimum atomic E-state index is 0.375. The molecule has 0 radical (unpaired) electrons. The van der Waals surface area contributed by atoms with Gasteiger partial charge in [-0.05, 0) is 67.0 Å². The van der Waals surface area contributed by atoms with Crippen molar-refractivity contribution in [1.29, 1.82) is 0 Å². The van der Waals surface area contributed by atoms with E-state index < -0.39 is 0 Å². The van der Waals surface area contributed by atoms with Crippen LogP contribution >= 0.6 is 0 Å². The van der Waals surface area contributed by atoms with E-state index in [4.69, 9.17) is 4.74 Å². The van der Waals surface area contributed by atoms with Crippen molar-refractivity contribution in [2.24, 2.45) is 5.92 Å². The first-order valence-electron chi connectivity index (χ1n) is 11.0. The van der Waals surface area contributed by atoms with Gasteiger partial charge in [0.2, 0.25) is 0 Å². The second kappa shape index (κ2) is 7.40. The van der Waals surface area contributed by atoms with E-state index in [2.05, 4.69) is 66.1 Å². The van der Waals surface area contributed by atoms with Gasteiger partial charge in [-0.3, -0.25) is 4.90 Å². The standard InChI is InChI=1S/C26H31NO/c1-2-15-27-16-14-26-13-7-6-10-23(26)25(27)17-21-11-12-22(18-24(21)26)28-19-20-8-4-3-5-9-20/h2-5,8-9,11-12,18,23,25H,1,6-7,10,13-17,19H2/t23-,25+,26+/m0/s1. The minimum Gasteiger partial charge on any atom is -0.489 e. The Morgan fingerprint density at radius 2 is 2.00 bits per heavy atom. The van der Waals surface area contributed by atoms with E-state index >= 15 is 0 Å². The van der Waals surface area contributed by atoms with E-state index in [1.165, 1.54) is 50.6 Å². The lowest BCUT2D eigenvalue weighted by molar-refractivity contribution is -0.00521. The number of hydrogen-bond acceptors (Lipinski definition) is 2. The fourth-order valence-electron chi connectivity index (χ4n) is 6.29. The Morgan fingerprint density at radius 1 is 1.11 bits per heavy atom. The van der Waals surface area contributed by atoms with Crippen LogP contribution in [0, 0.1) is 5.92 Å². The summed E-state index contributed by atoms with van der Waals surface area (Å²) < 4.78 is 6.21. The quantitative estimate of drug-likeness (QED) is 0.641. The van der Waals surface area contributed by atoms with Crippen molar-refractivity contribution in [2.45, 2.75) is 56.6 Å². The second-order valence-corrected chi connectivity index (χ2v) is 8.91. The average Bonchev–Trinajstić information content (AvgIpc) is 2.75. The molecule has 2 nitrogen and oxygen atoms in total. The maximum atomic E-state index is 6.21. The van der Waals surface area contributed by atoms with Gasteiger partial charge in [-0.2, -0.15) is 0 Å². The molecule has 3 aliphatic rings. The Kier molecular flexibility index (Phi) is 4.76. The van der Waals surface area contributed by atoms with Crippen LogP contribution in [0.4, 0.5) is 0 Å². The van der Waals surface area contributed by atoms with Crippen LogP contribution in [-0.4, -0.2) is 24.0 Å². The normalized spacial score (nSPS) is 28.9. The largest absolute Gasteiger partial charge is 0.489 e. The number of likely N-dealkylation sites (tertiary alicyclic amines) is 1. The van der Waals surface area contributed by atoms with Gasteiger partial charge in [-0.15, -0.1) is 6.58 Å². The van der Waals surface area contributed by atoms with Gasteiger partial charge < -0.3 is 4.74 Å². The van der Waals surface area contributed by atoms with Crippen molar-refractivity contribution in [2.75, 3.05) is 13.1 Å². The molecular weight excluding hydrogens is 342 g/mol. The SMILES string of the molecule is C=CCN1CC[C@]23CCCC[C@H]2[C@H]1Cc1ccc(OCc2ccccc2)cc13. The summed E-state index contributed by atoms with van der Waals surface area (Å²) in [5.41, 5.74) is 4.77. The van der Waals surface area contributed by atoms with Crippen LogP contribution in [0.15, 0.2) is 61.2 Å². The van der Waals surface area contributed by atoms with Gasteiger partial charge in [0.15, 0.2) is 0 Å². The molecule has 2 aliphatic carbocycles. The number of nitrogens with zero attached hydrogens (tertiary/aromatic N) is 1. The third-order valence-electron chi connectivity index (χ3n) is 7.54. The van der Waals surface area contributed by atoms with Crippen LogP contribution in [0.3, 0.4) is 0 Å². The van der Waals surface area contributed by atoms with Gasteiger partial charge in [0.1, 0.15) is 12.4 Å². The molecule has 2 fully saturated rings. The first-order valence-corrected chi connectivity index (χ1v) is 11.0. The lowest BCUT2D eigenvalue weighted by Gasteiger charge is -2.59. The first-order chi connectivity index (χ1) is 13.8. The topological polar surface area (TPSA) is 12.5 Å². The lowest BCUT2D eigenvalue weighted by Crippen LogP contribution is -2.60. The second-order valence-electron chi connectivity index (χ2n) is 8.91. The molecule has 0 amide bonds. The van der Waals surface area contributed by atoms with E-state index in [0.717, 1.165) is 18.2 Å². The van der Waals surface area contributed by atoms with E-state index in [-0.39, 0.29) is 0 Å². The van der Waals surface area contributed by atoms with Crippen LogP contribution < -0.4 is 4.74 Å². The number of piperidine rings is 1. The fourth-order valence-corrected chi connectivity index (χ4v) is 6.29. The van der Waals surface area contributed by atoms with Crippen LogP contribution in [0.2, 0.25) is 0 Å². The van der Waals surface area contributed by atoms with Crippen LogP contribution in [0.5, 0.6) is 5.75 Å². The third kappa shape index (κ3) is 2.99. The van der Waals surface area contributed by atoms with Gasteiger partial charge in [-0.1, -0.05) is 55.3 Å². The van der Waals surface area contributed by atoms with Gasteiger partial charge >= 0.3 is 0 Å². The highest BCUT2D eigenvalue weighted by atomic mass is 16.5. The summed E-state index contributed by atoms with van der Waals surface area (Å²) in [7, 11) is 0. The average molecular weight is 374 g/mol. The van der Waals surface area contributed by atoms with Crippen molar-refractivity contribution in [3.8, 4) is 5.75 Å². The Hall–Kier alpha value is -2.06. The molecule has 1 saturated heterocycles. The smallest absolute Gasteiger partial charge is 0.120 e. The molecule has 2 bridgehead atoms. The van der Waals surface area contributed by atoms with E-state index in [0.29, 0.717) is 18.1 Å². The highest BCUT2D eigenvalue weighted by Gasteiger charge is 2.53. The van der Waals surface area contributed by atoms with Crippen molar-refractivity contribution < 1.29 is 4.74 Å².